The first-order valence-corrected chi connectivity index (χ1v) is 12.2. The summed E-state index contributed by atoms with van der Waals surface area (Å²) in [6.45, 7) is 1.36. The van der Waals surface area contributed by atoms with Crippen molar-refractivity contribution >= 4 is 11.9 Å². The molecule has 0 amide bonds. The molecule has 10 nitrogen and oxygen atoms in total. The number of quaternary nitrogens is 1. The molecule has 0 aliphatic carbocycles. The molecule has 10 heteroatoms. The third kappa shape index (κ3) is 5.80. The number of carbonyl (C=O) groups is 2. The molecular formula is C28H36NO9+. The maximum absolute atomic E-state index is 11.6. The Labute approximate surface area is 222 Å². The van der Waals surface area contributed by atoms with Gasteiger partial charge in [0.05, 0.1) is 55.7 Å². The van der Waals surface area contributed by atoms with Gasteiger partial charge in [-0.3, -0.25) is 0 Å². The van der Waals surface area contributed by atoms with Crippen LogP contribution in [0.5, 0.6) is 28.7 Å². The monoisotopic (exact) mass is 530 g/mol. The van der Waals surface area contributed by atoms with Crippen LogP contribution in [-0.2, 0) is 16.0 Å². The zero-order chi connectivity index (χ0) is 28.0. The van der Waals surface area contributed by atoms with Crippen LogP contribution >= 0.6 is 0 Å². The van der Waals surface area contributed by atoms with Gasteiger partial charge in [-0.2, -0.15) is 0 Å². The van der Waals surface area contributed by atoms with Gasteiger partial charge in [-0.05, 0) is 36.2 Å². The van der Waals surface area contributed by atoms with Crippen molar-refractivity contribution in [3.8, 4) is 28.7 Å². The molecular weight excluding hydrogens is 494 g/mol. The van der Waals surface area contributed by atoms with Crippen molar-refractivity contribution in [2.75, 3.05) is 55.7 Å². The zero-order valence-corrected chi connectivity index (χ0v) is 22.7. The summed E-state index contributed by atoms with van der Waals surface area (Å²) in [5, 5.41) is 18.5. The minimum Gasteiger partial charge on any atom is -0.493 e. The maximum atomic E-state index is 11.6. The molecule has 0 unspecified atom stereocenters. The standard InChI is InChI=1S/C28H35NO9/c1-29(10-7-8-18(28(32)33)15-25(30)31)11-9-17-12-21(34-2)22(35-3)16-20(17)26(29)19-13-23(36-4)27(38-6)24(14-19)37-5/h12-16,26H,7-11H2,1-6H3,(H-,30,31,32,33)/p+1/t26-,29+/m0/s1. The van der Waals surface area contributed by atoms with Crippen LogP contribution in [0.4, 0.5) is 0 Å². The van der Waals surface area contributed by atoms with Gasteiger partial charge in [0.1, 0.15) is 6.04 Å². The van der Waals surface area contributed by atoms with Crippen LogP contribution in [0.2, 0.25) is 0 Å². The third-order valence-corrected chi connectivity index (χ3v) is 7.15. The summed E-state index contributed by atoms with van der Waals surface area (Å²) in [7, 11) is 10.0. The molecule has 0 fully saturated rings. The number of fused-ring (bicyclic) bond motifs is 1. The summed E-state index contributed by atoms with van der Waals surface area (Å²) in [4.78, 5) is 22.7. The Morgan fingerprint density at radius 2 is 1.47 bits per heavy atom. The third-order valence-electron chi connectivity index (χ3n) is 7.15. The number of ether oxygens (including phenoxy) is 5. The molecule has 0 saturated heterocycles. The van der Waals surface area contributed by atoms with E-state index in [1.165, 1.54) is 0 Å². The van der Waals surface area contributed by atoms with E-state index in [2.05, 4.69) is 7.05 Å². The molecule has 0 spiro atoms. The normalized spacial score (nSPS) is 18.8. The number of benzene rings is 2. The lowest BCUT2D eigenvalue weighted by Gasteiger charge is -2.46. The second-order valence-corrected chi connectivity index (χ2v) is 9.36. The highest BCUT2D eigenvalue weighted by atomic mass is 16.5. The van der Waals surface area contributed by atoms with Crippen LogP contribution in [0.1, 0.15) is 35.6 Å². The van der Waals surface area contributed by atoms with Gasteiger partial charge in [0.2, 0.25) is 5.75 Å². The lowest BCUT2D eigenvalue weighted by Crippen LogP contribution is -2.52. The second kappa shape index (κ2) is 12.1. The fourth-order valence-electron chi connectivity index (χ4n) is 5.31. The van der Waals surface area contributed by atoms with Gasteiger partial charge in [-0.15, -0.1) is 0 Å². The SMILES string of the molecule is COc1cc2c(cc1OC)[C@H](c1cc(OC)c(OC)c(OC)c1)[N@+](C)(CCCC(=CC(=O)O)C(=O)O)CC2. The first-order valence-electron chi connectivity index (χ1n) is 12.2. The number of rotatable bonds is 12. The molecule has 1 aliphatic heterocycles. The van der Waals surface area contributed by atoms with E-state index in [0.29, 0.717) is 46.2 Å². The number of hydrogen-bond acceptors (Lipinski definition) is 7. The van der Waals surface area contributed by atoms with Crippen molar-refractivity contribution in [1.29, 1.82) is 0 Å². The molecule has 0 bridgehead atoms. The van der Waals surface area contributed by atoms with Crippen molar-refractivity contribution in [3.63, 3.8) is 0 Å². The van der Waals surface area contributed by atoms with Gasteiger partial charge in [-0.25, -0.2) is 9.59 Å². The molecule has 206 valence electrons. The number of carboxylic acids is 2. The molecule has 0 aromatic heterocycles. The maximum Gasteiger partial charge on any atom is 0.331 e. The number of aliphatic carboxylic acids is 2. The number of nitrogens with zero attached hydrogens (tertiary/aromatic N) is 1. The van der Waals surface area contributed by atoms with Gasteiger partial charge >= 0.3 is 11.9 Å². The Kier molecular flexibility index (Phi) is 9.11. The molecule has 0 radical (unpaired) electrons. The zero-order valence-electron chi connectivity index (χ0n) is 22.7. The molecule has 2 aromatic rings. The van der Waals surface area contributed by atoms with E-state index < -0.39 is 11.9 Å². The predicted molar refractivity (Wildman–Crippen MR) is 140 cm³/mol. The summed E-state index contributed by atoms with van der Waals surface area (Å²) >= 11 is 0. The lowest BCUT2D eigenvalue weighted by molar-refractivity contribution is -0.935. The van der Waals surface area contributed by atoms with Crippen molar-refractivity contribution in [1.82, 2.24) is 0 Å². The topological polar surface area (TPSA) is 121 Å². The number of methoxy groups -OCH3 is 5. The van der Waals surface area contributed by atoms with E-state index in [0.717, 1.165) is 35.7 Å². The van der Waals surface area contributed by atoms with Crippen molar-refractivity contribution in [2.45, 2.75) is 25.3 Å². The van der Waals surface area contributed by atoms with Gasteiger partial charge in [-0.1, -0.05) is 0 Å². The van der Waals surface area contributed by atoms with Gasteiger partial charge in [0.25, 0.3) is 0 Å². The summed E-state index contributed by atoms with van der Waals surface area (Å²) in [5.41, 5.74) is 2.96. The largest absolute Gasteiger partial charge is 0.493 e. The average molecular weight is 531 g/mol. The van der Waals surface area contributed by atoms with Crippen LogP contribution < -0.4 is 23.7 Å². The molecule has 1 heterocycles. The number of carboxylic acid groups (broad SMARTS) is 2. The number of likely N-dealkylation sites (N-methyl/N-ethyl adjacent to an activating group) is 1. The lowest BCUT2D eigenvalue weighted by atomic mass is 9.85. The van der Waals surface area contributed by atoms with Gasteiger partial charge in [0, 0.05) is 35.6 Å². The molecule has 2 atom stereocenters. The van der Waals surface area contributed by atoms with Gasteiger partial charge < -0.3 is 38.4 Å². The minimum atomic E-state index is -1.27. The molecule has 0 saturated carbocycles. The Morgan fingerprint density at radius 1 is 0.895 bits per heavy atom. The van der Waals surface area contributed by atoms with E-state index in [4.69, 9.17) is 28.8 Å². The van der Waals surface area contributed by atoms with E-state index >= 15 is 0 Å². The first kappa shape index (κ1) is 28.6. The molecule has 38 heavy (non-hydrogen) atoms. The highest BCUT2D eigenvalue weighted by Gasteiger charge is 2.41. The Bertz CT molecular complexity index is 1200. The summed E-state index contributed by atoms with van der Waals surface area (Å²) in [6, 6.07) is 7.66. The van der Waals surface area contributed by atoms with Crippen LogP contribution in [-0.4, -0.2) is 82.3 Å². The summed E-state index contributed by atoms with van der Waals surface area (Å²) < 4.78 is 28.5. The predicted octanol–water partition coefficient (Wildman–Crippen LogP) is 3.70. The Hall–Kier alpha value is -3.92. The molecule has 2 aromatic carbocycles. The van der Waals surface area contributed by atoms with E-state index in [1.807, 2.05) is 24.3 Å². The van der Waals surface area contributed by atoms with Gasteiger partial charge in [0.15, 0.2) is 23.0 Å². The molecule has 3 rings (SSSR count). The first-order chi connectivity index (χ1) is 18.1. The Balaban J connectivity index is 2.14. The smallest absolute Gasteiger partial charge is 0.331 e. The van der Waals surface area contributed by atoms with Crippen LogP contribution in [0.25, 0.3) is 0 Å². The van der Waals surface area contributed by atoms with E-state index in [1.54, 1.807) is 35.5 Å². The fraction of sp³-hybridized carbons (Fsp3) is 0.429. The molecule has 1 aliphatic rings. The van der Waals surface area contributed by atoms with Crippen LogP contribution in [0.3, 0.4) is 0 Å². The van der Waals surface area contributed by atoms with E-state index in [-0.39, 0.29) is 18.0 Å². The quantitative estimate of drug-likeness (QED) is 0.313. The van der Waals surface area contributed by atoms with Crippen molar-refractivity contribution < 1.29 is 48.0 Å². The van der Waals surface area contributed by atoms with Crippen LogP contribution in [0, 0.1) is 0 Å². The number of hydrogen-bond donors (Lipinski definition) is 2. The molecule has 2 N–H and O–H groups in total. The summed E-state index contributed by atoms with van der Waals surface area (Å²) in [5.74, 6) is 0.298. The average Bonchev–Trinajstić information content (AvgIpc) is 2.90. The van der Waals surface area contributed by atoms with E-state index in [9.17, 15) is 14.7 Å². The minimum absolute atomic E-state index is 0.128. The van der Waals surface area contributed by atoms with Crippen LogP contribution in [0.15, 0.2) is 35.9 Å². The summed E-state index contributed by atoms with van der Waals surface area (Å²) in [6.07, 6.45) is 2.15. The Morgan fingerprint density at radius 3 is 1.97 bits per heavy atom. The highest BCUT2D eigenvalue weighted by molar-refractivity contribution is 5.94. The fourth-order valence-corrected chi connectivity index (χ4v) is 5.31. The highest BCUT2D eigenvalue weighted by Crippen LogP contribution is 2.48. The second-order valence-electron chi connectivity index (χ2n) is 9.36. The van der Waals surface area contributed by atoms with Crippen molar-refractivity contribution in [2.24, 2.45) is 0 Å². The van der Waals surface area contributed by atoms with Crippen molar-refractivity contribution in [3.05, 3.63) is 52.6 Å².